The van der Waals surface area contributed by atoms with Crippen LogP contribution in [0.15, 0.2) is 30.5 Å². The van der Waals surface area contributed by atoms with Crippen LogP contribution in [0.5, 0.6) is 0 Å². The molecule has 6 nitrogen and oxygen atoms in total. The number of amides is 1. The Morgan fingerprint density at radius 1 is 1.62 bits per heavy atom. The van der Waals surface area contributed by atoms with E-state index >= 15 is 0 Å². The van der Waals surface area contributed by atoms with Crippen LogP contribution in [0.25, 0.3) is 0 Å². The maximum atomic E-state index is 11.2. The molecule has 0 aromatic carbocycles. The van der Waals surface area contributed by atoms with Gasteiger partial charge in [0.15, 0.2) is 5.13 Å². The number of aromatic nitrogens is 1. The zero-order valence-electron chi connectivity index (χ0n) is 8.41. The van der Waals surface area contributed by atoms with Crippen LogP contribution in [-0.4, -0.2) is 15.8 Å². The fourth-order valence-electron chi connectivity index (χ4n) is 0.809. The average molecular weight is 239 g/mol. The van der Waals surface area contributed by atoms with Crippen molar-refractivity contribution in [2.24, 2.45) is 0 Å². The second-order valence-corrected chi connectivity index (χ2v) is 3.64. The lowest BCUT2D eigenvalue weighted by atomic mass is 10.4. The molecule has 0 saturated carbocycles. The lowest BCUT2D eigenvalue weighted by Crippen LogP contribution is -2.06. The third-order valence-corrected chi connectivity index (χ3v) is 2.32. The maximum absolute atomic E-state index is 11.2. The van der Waals surface area contributed by atoms with Crippen LogP contribution in [0.2, 0.25) is 0 Å². The van der Waals surface area contributed by atoms with Crippen molar-refractivity contribution in [3.05, 3.63) is 40.6 Å². The van der Waals surface area contributed by atoms with Gasteiger partial charge >= 0.3 is 5.00 Å². The van der Waals surface area contributed by atoms with E-state index in [1.54, 1.807) is 18.2 Å². The molecule has 0 aliphatic heterocycles. The molecule has 0 unspecified atom stereocenters. The molecular formula is C9H9N3O3S. The zero-order chi connectivity index (χ0) is 12.0. The van der Waals surface area contributed by atoms with E-state index in [-0.39, 0.29) is 16.0 Å². The van der Waals surface area contributed by atoms with Gasteiger partial charge in [-0.1, -0.05) is 18.2 Å². The third-order valence-electron chi connectivity index (χ3n) is 1.45. The van der Waals surface area contributed by atoms with Gasteiger partial charge in [0.2, 0.25) is 5.91 Å². The number of rotatable bonds is 4. The molecule has 0 spiro atoms. The van der Waals surface area contributed by atoms with E-state index in [2.05, 4.69) is 10.3 Å². The molecule has 1 heterocycles. The summed E-state index contributed by atoms with van der Waals surface area (Å²) in [7, 11) is 0. The predicted octanol–water partition coefficient (Wildman–Crippen LogP) is 2.12. The van der Waals surface area contributed by atoms with Crippen molar-refractivity contribution in [3.63, 3.8) is 0 Å². The molecule has 1 N–H and O–H groups in total. The summed E-state index contributed by atoms with van der Waals surface area (Å²) < 4.78 is 0. The van der Waals surface area contributed by atoms with Crippen LogP contribution < -0.4 is 5.32 Å². The number of anilines is 1. The Kier molecular flexibility index (Phi) is 4.34. The van der Waals surface area contributed by atoms with Gasteiger partial charge in [0.25, 0.3) is 0 Å². The van der Waals surface area contributed by atoms with Crippen LogP contribution in [0.4, 0.5) is 10.1 Å². The zero-order valence-corrected chi connectivity index (χ0v) is 9.23. The third kappa shape index (κ3) is 3.62. The number of nitrogens with zero attached hydrogens (tertiary/aromatic N) is 2. The number of carbonyl (C=O) groups excluding carboxylic acids is 1. The Balaban J connectivity index is 2.59. The largest absolute Gasteiger partial charge is 0.345 e. The highest BCUT2D eigenvalue weighted by Gasteiger charge is 2.11. The molecule has 0 bridgehead atoms. The lowest BCUT2D eigenvalue weighted by molar-refractivity contribution is -0.380. The first-order valence-corrected chi connectivity index (χ1v) is 5.15. The highest BCUT2D eigenvalue weighted by atomic mass is 32.1. The second kappa shape index (κ2) is 5.76. The number of allylic oxidation sites excluding steroid dienone is 3. The maximum Gasteiger partial charge on any atom is 0.345 e. The van der Waals surface area contributed by atoms with E-state index in [9.17, 15) is 14.9 Å². The van der Waals surface area contributed by atoms with Crippen LogP contribution in [0.3, 0.4) is 0 Å². The van der Waals surface area contributed by atoms with Gasteiger partial charge in [0.1, 0.15) is 6.20 Å². The summed E-state index contributed by atoms with van der Waals surface area (Å²) in [5, 5.41) is 12.9. The molecule has 0 fully saturated rings. The molecular weight excluding hydrogens is 230 g/mol. The summed E-state index contributed by atoms with van der Waals surface area (Å²) in [6, 6.07) is 0. The van der Waals surface area contributed by atoms with Crippen molar-refractivity contribution in [3.8, 4) is 0 Å². The van der Waals surface area contributed by atoms with Gasteiger partial charge in [-0.2, -0.15) is 0 Å². The molecule has 7 heteroatoms. The van der Waals surface area contributed by atoms with Crippen LogP contribution in [0.1, 0.15) is 6.92 Å². The molecule has 84 valence electrons. The quantitative estimate of drug-likeness (QED) is 0.377. The summed E-state index contributed by atoms with van der Waals surface area (Å²) in [4.78, 5) is 24.7. The summed E-state index contributed by atoms with van der Waals surface area (Å²) in [5.74, 6) is -0.373. The standard InChI is InChI=1S/C9H9N3O3S/c1-2-3-4-5-7(13)11-9-10-6-8(16-9)12(14)15/h2-6H,1H3,(H,10,11,13). The van der Waals surface area contributed by atoms with Gasteiger partial charge in [-0.25, -0.2) is 4.98 Å². The highest BCUT2D eigenvalue weighted by molar-refractivity contribution is 7.18. The first-order valence-electron chi connectivity index (χ1n) is 4.34. The number of thiazole rings is 1. The Morgan fingerprint density at radius 2 is 2.38 bits per heavy atom. The molecule has 0 atom stereocenters. The molecule has 1 aromatic rings. The smallest absolute Gasteiger partial charge is 0.298 e. The lowest BCUT2D eigenvalue weighted by Gasteiger charge is -1.92. The first kappa shape index (κ1) is 12.1. The highest BCUT2D eigenvalue weighted by Crippen LogP contribution is 2.24. The van der Waals surface area contributed by atoms with E-state index in [4.69, 9.17) is 0 Å². The van der Waals surface area contributed by atoms with Gasteiger partial charge in [-0.15, -0.1) is 0 Å². The Bertz CT molecular complexity index is 451. The van der Waals surface area contributed by atoms with Crippen LogP contribution in [-0.2, 0) is 4.79 Å². The Hall–Kier alpha value is -2.02. The number of hydrogen-bond acceptors (Lipinski definition) is 5. The van der Waals surface area contributed by atoms with Crippen molar-refractivity contribution in [2.45, 2.75) is 6.92 Å². The van der Waals surface area contributed by atoms with E-state index in [0.717, 1.165) is 17.5 Å². The monoisotopic (exact) mass is 239 g/mol. The Labute approximate surface area is 95.5 Å². The molecule has 1 amide bonds. The van der Waals surface area contributed by atoms with Gasteiger partial charge in [-0.3, -0.25) is 20.2 Å². The van der Waals surface area contributed by atoms with Crippen molar-refractivity contribution in [2.75, 3.05) is 5.32 Å². The topological polar surface area (TPSA) is 85.1 Å². The predicted molar refractivity (Wildman–Crippen MR) is 61.4 cm³/mol. The average Bonchev–Trinajstić information content (AvgIpc) is 2.66. The van der Waals surface area contributed by atoms with Crippen LogP contribution in [0, 0.1) is 10.1 Å². The molecule has 0 aliphatic rings. The van der Waals surface area contributed by atoms with E-state index in [0.29, 0.717) is 0 Å². The van der Waals surface area contributed by atoms with Crippen molar-refractivity contribution in [1.29, 1.82) is 0 Å². The fourth-order valence-corrected chi connectivity index (χ4v) is 1.44. The summed E-state index contributed by atoms with van der Waals surface area (Å²) in [6.45, 7) is 1.83. The first-order chi connectivity index (χ1) is 7.63. The minimum atomic E-state index is -0.553. The molecule has 0 saturated heterocycles. The number of nitro groups is 1. The van der Waals surface area contributed by atoms with E-state index < -0.39 is 4.92 Å². The van der Waals surface area contributed by atoms with E-state index in [1.165, 1.54) is 6.08 Å². The van der Waals surface area contributed by atoms with Crippen molar-refractivity contribution >= 4 is 27.4 Å². The summed E-state index contributed by atoms with van der Waals surface area (Å²) in [6.07, 6.45) is 7.46. The summed E-state index contributed by atoms with van der Waals surface area (Å²) in [5.41, 5.74) is 0. The number of carbonyl (C=O) groups is 1. The molecule has 1 aromatic heterocycles. The van der Waals surface area contributed by atoms with Crippen molar-refractivity contribution < 1.29 is 9.72 Å². The molecule has 1 rings (SSSR count). The number of nitrogens with one attached hydrogen (secondary N) is 1. The van der Waals surface area contributed by atoms with Gasteiger partial charge in [0, 0.05) is 6.08 Å². The molecule has 0 radical (unpaired) electrons. The minimum Gasteiger partial charge on any atom is -0.298 e. The minimum absolute atomic E-state index is 0.104. The SMILES string of the molecule is CC=CC=CC(=O)Nc1ncc([N+](=O)[O-])s1. The fraction of sp³-hybridized carbons (Fsp3) is 0.111. The van der Waals surface area contributed by atoms with Gasteiger partial charge in [-0.05, 0) is 18.3 Å². The molecule has 0 aliphatic carbocycles. The second-order valence-electron chi connectivity index (χ2n) is 2.63. The summed E-state index contributed by atoms with van der Waals surface area (Å²) >= 11 is 0.814. The van der Waals surface area contributed by atoms with Gasteiger partial charge < -0.3 is 0 Å². The number of hydrogen-bond donors (Lipinski definition) is 1. The van der Waals surface area contributed by atoms with Gasteiger partial charge in [0.05, 0.1) is 4.92 Å². The van der Waals surface area contributed by atoms with Crippen LogP contribution >= 0.6 is 11.3 Å². The van der Waals surface area contributed by atoms with Crippen molar-refractivity contribution in [1.82, 2.24) is 4.98 Å². The van der Waals surface area contributed by atoms with E-state index in [1.807, 2.05) is 6.92 Å². The Morgan fingerprint density at radius 3 is 2.94 bits per heavy atom. The molecule has 16 heavy (non-hydrogen) atoms. The normalized spacial score (nSPS) is 11.1.